The minimum Gasteiger partial charge on any atom is -0.384 e. The minimum absolute atomic E-state index is 0.233. The highest BCUT2D eigenvalue weighted by molar-refractivity contribution is 5.46. The van der Waals surface area contributed by atoms with Gasteiger partial charge in [-0.25, -0.2) is 9.97 Å². The summed E-state index contributed by atoms with van der Waals surface area (Å²) in [5.41, 5.74) is 5.83. The van der Waals surface area contributed by atoms with Gasteiger partial charge in [0.05, 0.1) is 12.6 Å². The maximum absolute atomic E-state index is 5.83. The van der Waals surface area contributed by atoms with Crippen LogP contribution in [-0.4, -0.2) is 29.7 Å². The van der Waals surface area contributed by atoms with Crippen LogP contribution in [0, 0.1) is 5.92 Å². The molecule has 0 spiro atoms. The number of nitrogens with two attached hydrogens (primary N) is 1. The topological polar surface area (TPSA) is 73.1 Å². The number of anilines is 2. The van der Waals surface area contributed by atoms with E-state index in [1.54, 1.807) is 13.2 Å². The Morgan fingerprint density at radius 1 is 1.44 bits per heavy atom. The van der Waals surface area contributed by atoms with Crippen molar-refractivity contribution in [1.29, 1.82) is 0 Å². The van der Waals surface area contributed by atoms with E-state index >= 15 is 0 Å². The molecule has 1 aromatic rings. The van der Waals surface area contributed by atoms with E-state index in [2.05, 4.69) is 29.1 Å². The van der Waals surface area contributed by atoms with Crippen LogP contribution in [0.1, 0.15) is 38.4 Å². The van der Waals surface area contributed by atoms with E-state index in [-0.39, 0.29) is 6.04 Å². The predicted molar refractivity (Wildman–Crippen MR) is 72.5 cm³/mol. The van der Waals surface area contributed by atoms with Crippen molar-refractivity contribution in [2.24, 2.45) is 5.92 Å². The van der Waals surface area contributed by atoms with Gasteiger partial charge < -0.3 is 15.8 Å². The minimum atomic E-state index is 0.233. The summed E-state index contributed by atoms with van der Waals surface area (Å²) in [7, 11) is 1.71. The second-order valence-corrected chi connectivity index (χ2v) is 5.26. The Morgan fingerprint density at radius 3 is 2.72 bits per heavy atom. The quantitative estimate of drug-likeness (QED) is 0.808. The second-order valence-electron chi connectivity index (χ2n) is 5.26. The Balaban J connectivity index is 2.11. The van der Waals surface area contributed by atoms with Gasteiger partial charge in [0.15, 0.2) is 0 Å². The Bertz CT molecular complexity index is 404. The normalized spacial score (nSPS) is 16.9. The largest absolute Gasteiger partial charge is 0.384 e. The van der Waals surface area contributed by atoms with Crippen molar-refractivity contribution in [3.63, 3.8) is 0 Å². The van der Waals surface area contributed by atoms with Crippen molar-refractivity contribution >= 4 is 11.6 Å². The summed E-state index contributed by atoms with van der Waals surface area (Å²) in [5.74, 6) is 3.19. The van der Waals surface area contributed by atoms with Gasteiger partial charge in [-0.15, -0.1) is 0 Å². The first kappa shape index (κ1) is 13.1. The third-order valence-corrected chi connectivity index (χ3v) is 3.19. The highest BCUT2D eigenvalue weighted by Crippen LogP contribution is 2.38. The lowest BCUT2D eigenvalue weighted by atomic mass is 10.1. The van der Waals surface area contributed by atoms with Crippen molar-refractivity contribution in [1.82, 2.24) is 9.97 Å². The van der Waals surface area contributed by atoms with Crippen molar-refractivity contribution in [2.45, 2.75) is 38.6 Å². The molecule has 1 atom stereocenters. The van der Waals surface area contributed by atoms with Gasteiger partial charge in [-0.05, 0) is 18.8 Å². The number of nitrogens with zero attached hydrogens (tertiary/aromatic N) is 2. The Morgan fingerprint density at radius 2 is 2.17 bits per heavy atom. The van der Waals surface area contributed by atoms with Crippen LogP contribution in [0.25, 0.3) is 0 Å². The average Bonchev–Trinajstić information content (AvgIpc) is 3.11. The predicted octanol–water partition coefficient (Wildman–Crippen LogP) is 2.02. The first-order valence-corrected chi connectivity index (χ1v) is 6.50. The molecular weight excluding hydrogens is 228 g/mol. The molecule has 2 rings (SSSR count). The molecule has 1 aliphatic carbocycles. The van der Waals surface area contributed by atoms with Gasteiger partial charge in [-0.1, -0.05) is 13.8 Å². The average molecular weight is 250 g/mol. The fourth-order valence-electron chi connectivity index (χ4n) is 1.85. The van der Waals surface area contributed by atoms with Gasteiger partial charge in [0.2, 0.25) is 0 Å². The molecule has 5 nitrogen and oxygen atoms in total. The molecule has 1 saturated carbocycles. The van der Waals surface area contributed by atoms with E-state index in [4.69, 9.17) is 10.5 Å². The Hall–Kier alpha value is -1.36. The molecule has 0 aromatic carbocycles. The van der Waals surface area contributed by atoms with Crippen LogP contribution in [0.5, 0.6) is 0 Å². The molecule has 0 radical (unpaired) electrons. The zero-order valence-electron chi connectivity index (χ0n) is 11.3. The monoisotopic (exact) mass is 250 g/mol. The van der Waals surface area contributed by atoms with Gasteiger partial charge in [0.1, 0.15) is 17.5 Å². The van der Waals surface area contributed by atoms with Gasteiger partial charge in [-0.2, -0.15) is 0 Å². The molecule has 100 valence electrons. The summed E-state index contributed by atoms with van der Waals surface area (Å²) in [6.45, 7) is 4.96. The van der Waals surface area contributed by atoms with Crippen LogP contribution in [0.15, 0.2) is 6.07 Å². The molecule has 1 aromatic heterocycles. The molecule has 0 bridgehead atoms. The van der Waals surface area contributed by atoms with E-state index in [1.165, 1.54) is 12.8 Å². The number of hydrogen-bond acceptors (Lipinski definition) is 5. The van der Waals surface area contributed by atoms with Crippen LogP contribution in [0.4, 0.5) is 11.6 Å². The van der Waals surface area contributed by atoms with E-state index in [0.717, 1.165) is 11.6 Å². The fourth-order valence-corrected chi connectivity index (χ4v) is 1.85. The first-order chi connectivity index (χ1) is 8.60. The molecule has 0 amide bonds. The van der Waals surface area contributed by atoms with Crippen LogP contribution < -0.4 is 11.1 Å². The summed E-state index contributed by atoms with van der Waals surface area (Å²) in [6, 6.07) is 2.02. The molecule has 5 heteroatoms. The van der Waals surface area contributed by atoms with Gasteiger partial charge in [-0.3, -0.25) is 0 Å². The van der Waals surface area contributed by atoms with Crippen LogP contribution >= 0.6 is 0 Å². The molecule has 1 unspecified atom stereocenters. The zero-order chi connectivity index (χ0) is 13.1. The number of nitrogens with one attached hydrogen (secondary N) is 1. The van der Waals surface area contributed by atoms with E-state index in [9.17, 15) is 0 Å². The number of aromatic nitrogens is 2. The lowest BCUT2D eigenvalue weighted by Crippen LogP contribution is -2.31. The number of hydrogen-bond donors (Lipinski definition) is 2. The van der Waals surface area contributed by atoms with Gasteiger partial charge in [0, 0.05) is 19.1 Å². The molecule has 1 aliphatic rings. The lowest BCUT2D eigenvalue weighted by molar-refractivity contribution is 0.171. The second kappa shape index (κ2) is 5.52. The standard InChI is InChI=1S/C13H22N4O/c1-8(2)10(7-18-3)15-12-6-11(14)16-13(17-12)9-4-5-9/h6,8-10H,4-5,7H2,1-3H3,(H3,14,15,16,17). The molecule has 18 heavy (non-hydrogen) atoms. The highest BCUT2D eigenvalue weighted by atomic mass is 16.5. The number of ether oxygens (including phenoxy) is 1. The SMILES string of the molecule is COCC(Nc1cc(N)nc(C2CC2)n1)C(C)C. The Labute approximate surface area is 108 Å². The van der Waals surface area contributed by atoms with Crippen molar-refractivity contribution < 1.29 is 4.74 Å². The van der Waals surface area contributed by atoms with Crippen LogP contribution in [0.3, 0.4) is 0 Å². The number of nitrogen functional groups attached to an aromatic ring is 1. The van der Waals surface area contributed by atoms with Crippen molar-refractivity contribution in [2.75, 3.05) is 24.8 Å². The number of rotatable bonds is 6. The Kier molecular flexibility index (Phi) is 4.01. The molecule has 0 aliphatic heterocycles. The van der Waals surface area contributed by atoms with E-state index in [0.29, 0.717) is 24.3 Å². The maximum atomic E-state index is 5.83. The van der Waals surface area contributed by atoms with Crippen LogP contribution in [0.2, 0.25) is 0 Å². The smallest absolute Gasteiger partial charge is 0.136 e. The number of methoxy groups -OCH3 is 1. The van der Waals surface area contributed by atoms with E-state index < -0.39 is 0 Å². The molecule has 3 N–H and O–H groups in total. The summed E-state index contributed by atoms with van der Waals surface area (Å²) in [4.78, 5) is 8.83. The molecular formula is C13H22N4O. The molecule has 0 saturated heterocycles. The summed E-state index contributed by atoms with van der Waals surface area (Å²) >= 11 is 0. The highest BCUT2D eigenvalue weighted by Gasteiger charge is 2.27. The third-order valence-electron chi connectivity index (χ3n) is 3.19. The first-order valence-electron chi connectivity index (χ1n) is 6.50. The molecule has 1 fully saturated rings. The third kappa shape index (κ3) is 3.32. The van der Waals surface area contributed by atoms with E-state index in [1.807, 2.05) is 0 Å². The summed E-state index contributed by atoms with van der Waals surface area (Å²) in [6.07, 6.45) is 2.35. The van der Waals surface area contributed by atoms with Gasteiger partial charge >= 0.3 is 0 Å². The lowest BCUT2D eigenvalue weighted by Gasteiger charge is -2.22. The maximum Gasteiger partial charge on any atom is 0.136 e. The fraction of sp³-hybridized carbons (Fsp3) is 0.692. The van der Waals surface area contributed by atoms with Gasteiger partial charge in [0.25, 0.3) is 0 Å². The van der Waals surface area contributed by atoms with Crippen molar-refractivity contribution in [3.05, 3.63) is 11.9 Å². The van der Waals surface area contributed by atoms with Crippen LogP contribution in [-0.2, 0) is 4.74 Å². The summed E-state index contributed by atoms with van der Waals surface area (Å²) < 4.78 is 5.22. The van der Waals surface area contributed by atoms with Crippen molar-refractivity contribution in [3.8, 4) is 0 Å². The zero-order valence-corrected chi connectivity index (χ0v) is 11.3. The molecule has 1 heterocycles. The summed E-state index contributed by atoms with van der Waals surface area (Å²) in [5, 5.41) is 3.39.